The van der Waals surface area contributed by atoms with Crippen molar-refractivity contribution >= 4 is 17.2 Å². The molecule has 6 heteroatoms. The summed E-state index contributed by atoms with van der Waals surface area (Å²) in [5.74, 6) is 0.270. The summed E-state index contributed by atoms with van der Waals surface area (Å²) in [4.78, 5) is 21.4. The molecule has 1 fully saturated rings. The molecule has 25 heavy (non-hydrogen) atoms. The fourth-order valence-electron chi connectivity index (χ4n) is 3.27. The molecule has 1 atom stereocenters. The molecule has 1 aliphatic rings. The van der Waals surface area contributed by atoms with Crippen LogP contribution in [-0.2, 0) is 17.9 Å². The number of rotatable bonds is 5. The Balaban J connectivity index is 1.76. The summed E-state index contributed by atoms with van der Waals surface area (Å²) in [5.41, 5.74) is 0.966. The minimum absolute atomic E-state index is 0.139. The number of hydrogen-bond acceptors (Lipinski definition) is 4. The SMILES string of the molecule is CC(C)[C@H]1CN(Cc2nccs2)CCC(=O)N1Cc1ccc(F)cc1. The predicted molar refractivity (Wildman–Crippen MR) is 97.6 cm³/mol. The van der Waals surface area contributed by atoms with Gasteiger partial charge in [-0.2, -0.15) is 0 Å². The zero-order valence-corrected chi connectivity index (χ0v) is 15.5. The Bertz CT molecular complexity index is 687. The van der Waals surface area contributed by atoms with E-state index >= 15 is 0 Å². The maximum Gasteiger partial charge on any atom is 0.224 e. The number of benzene rings is 1. The summed E-state index contributed by atoms with van der Waals surface area (Å²) in [7, 11) is 0. The summed E-state index contributed by atoms with van der Waals surface area (Å²) in [6, 6.07) is 6.57. The minimum atomic E-state index is -0.249. The molecule has 1 aromatic heterocycles. The Labute approximate surface area is 152 Å². The molecule has 4 nitrogen and oxygen atoms in total. The Morgan fingerprint density at radius 3 is 2.68 bits per heavy atom. The van der Waals surface area contributed by atoms with Crippen molar-refractivity contribution in [3.05, 3.63) is 52.2 Å². The molecule has 0 saturated carbocycles. The molecule has 3 rings (SSSR count). The van der Waals surface area contributed by atoms with Crippen LogP contribution in [0.5, 0.6) is 0 Å². The van der Waals surface area contributed by atoms with Gasteiger partial charge in [0.15, 0.2) is 0 Å². The molecular weight excluding hydrogens is 337 g/mol. The van der Waals surface area contributed by atoms with Gasteiger partial charge in [-0.3, -0.25) is 9.69 Å². The standard InChI is InChI=1S/C19H24FN3OS/c1-14(2)17-12-22(13-18-21-8-10-25-18)9-7-19(24)23(17)11-15-3-5-16(20)6-4-15/h3-6,8,10,14,17H,7,9,11-13H2,1-2H3/t17-/m1/s1. The largest absolute Gasteiger partial charge is 0.334 e. The summed E-state index contributed by atoms with van der Waals surface area (Å²) >= 11 is 1.65. The third-order valence-corrected chi connectivity index (χ3v) is 5.45. The van der Waals surface area contributed by atoms with Gasteiger partial charge in [-0.1, -0.05) is 26.0 Å². The molecule has 1 amide bonds. The van der Waals surface area contributed by atoms with Crippen LogP contribution in [0.15, 0.2) is 35.8 Å². The van der Waals surface area contributed by atoms with Gasteiger partial charge in [-0.25, -0.2) is 9.37 Å². The Kier molecular flexibility index (Phi) is 5.81. The van der Waals surface area contributed by atoms with E-state index in [0.717, 1.165) is 30.2 Å². The normalized spacial score (nSPS) is 19.4. The van der Waals surface area contributed by atoms with Gasteiger partial charge >= 0.3 is 0 Å². The van der Waals surface area contributed by atoms with Crippen molar-refractivity contribution in [1.29, 1.82) is 0 Å². The van der Waals surface area contributed by atoms with Gasteiger partial charge in [0.05, 0.1) is 6.54 Å². The second-order valence-electron chi connectivity index (χ2n) is 6.87. The van der Waals surface area contributed by atoms with Gasteiger partial charge in [0.25, 0.3) is 0 Å². The lowest BCUT2D eigenvalue weighted by molar-refractivity contribution is -0.134. The van der Waals surface area contributed by atoms with Crippen molar-refractivity contribution in [3.63, 3.8) is 0 Å². The van der Waals surface area contributed by atoms with E-state index in [0.29, 0.717) is 18.9 Å². The molecule has 0 aliphatic carbocycles. The molecule has 0 unspecified atom stereocenters. The highest BCUT2D eigenvalue weighted by molar-refractivity contribution is 7.09. The van der Waals surface area contributed by atoms with E-state index in [1.165, 1.54) is 12.1 Å². The summed E-state index contributed by atoms with van der Waals surface area (Å²) in [6.07, 6.45) is 2.33. The third-order valence-electron chi connectivity index (χ3n) is 4.69. The first-order chi connectivity index (χ1) is 12.0. The Hall–Kier alpha value is -1.79. The smallest absolute Gasteiger partial charge is 0.224 e. The summed E-state index contributed by atoms with van der Waals surface area (Å²) in [6.45, 7) is 7.22. The molecule has 0 spiro atoms. The van der Waals surface area contributed by atoms with E-state index in [1.807, 2.05) is 16.5 Å². The van der Waals surface area contributed by atoms with Crippen LogP contribution in [0.4, 0.5) is 4.39 Å². The number of halogens is 1. The van der Waals surface area contributed by atoms with Crippen molar-refractivity contribution in [2.24, 2.45) is 5.92 Å². The van der Waals surface area contributed by atoms with E-state index in [4.69, 9.17) is 0 Å². The molecule has 134 valence electrons. The van der Waals surface area contributed by atoms with Crippen LogP contribution in [0.25, 0.3) is 0 Å². The Morgan fingerprint density at radius 2 is 2.04 bits per heavy atom. The topological polar surface area (TPSA) is 36.4 Å². The molecule has 0 bridgehead atoms. The van der Waals surface area contributed by atoms with E-state index in [2.05, 4.69) is 23.7 Å². The van der Waals surface area contributed by atoms with Crippen LogP contribution in [0, 0.1) is 11.7 Å². The van der Waals surface area contributed by atoms with Crippen LogP contribution in [-0.4, -0.2) is 39.8 Å². The fraction of sp³-hybridized carbons (Fsp3) is 0.474. The highest BCUT2D eigenvalue weighted by Crippen LogP contribution is 2.22. The summed E-state index contributed by atoms with van der Waals surface area (Å²) in [5, 5.41) is 3.07. The monoisotopic (exact) mass is 361 g/mol. The molecular formula is C19H24FN3OS. The quantitative estimate of drug-likeness (QED) is 0.817. The van der Waals surface area contributed by atoms with E-state index in [9.17, 15) is 9.18 Å². The molecule has 0 N–H and O–H groups in total. The number of carbonyl (C=O) groups is 1. The van der Waals surface area contributed by atoms with Crippen molar-refractivity contribution in [2.75, 3.05) is 13.1 Å². The van der Waals surface area contributed by atoms with Crippen LogP contribution in [0.2, 0.25) is 0 Å². The highest BCUT2D eigenvalue weighted by atomic mass is 32.1. The maximum absolute atomic E-state index is 13.2. The molecule has 2 aromatic rings. The van der Waals surface area contributed by atoms with Crippen LogP contribution >= 0.6 is 11.3 Å². The van der Waals surface area contributed by atoms with Crippen molar-refractivity contribution in [3.8, 4) is 0 Å². The predicted octanol–water partition coefficient (Wildman–Crippen LogP) is 3.54. The van der Waals surface area contributed by atoms with Crippen LogP contribution < -0.4 is 0 Å². The lowest BCUT2D eigenvalue weighted by atomic mass is 10.0. The van der Waals surface area contributed by atoms with Gasteiger partial charge in [-0.15, -0.1) is 11.3 Å². The van der Waals surface area contributed by atoms with E-state index < -0.39 is 0 Å². The van der Waals surface area contributed by atoms with Gasteiger partial charge in [0.1, 0.15) is 10.8 Å². The number of amides is 1. The summed E-state index contributed by atoms with van der Waals surface area (Å²) < 4.78 is 13.2. The molecule has 1 aromatic carbocycles. The fourth-order valence-corrected chi connectivity index (χ4v) is 3.92. The van der Waals surface area contributed by atoms with Crippen LogP contribution in [0.1, 0.15) is 30.8 Å². The minimum Gasteiger partial charge on any atom is -0.334 e. The van der Waals surface area contributed by atoms with Crippen molar-refractivity contribution in [2.45, 2.75) is 39.4 Å². The molecule has 2 heterocycles. The van der Waals surface area contributed by atoms with Gasteiger partial charge in [0.2, 0.25) is 5.91 Å². The van der Waals surface area contributed by atoms with E-state index in [-0.39, 0.29) is 17.8 Å². The van der Waals surface area contributed by atoms with Gasteiger partial charge in [0, 0.05) is 43.7 Å². The van der Waals surface area contributed by atoms with Crippen molar-refractivity contribution < 1.29 is 9.18 Å². The Morgan fingerprint density at radius 1 is 1.28 bits per heavy atom. The van der Waals surface area contributed by atoms with Crippen molar-refractivity contribution in [1.82, 2.24) is 14.8 Å². The first-order valence-electron chi connectivity index (χ1n) is 8.67. The number of nitrogens with zero attached hydrogens (tertiary/aromatic N) is 3. The maximum atomic E-state index is 13.2. The molecule has 0 radical (unpaired) electrons. The molecule has 1 saturated heterocycles. The third kappa shape index (κ3) is 4.64. The van der Waals surface area contributed by atoms with Crippen LogP contribution in [0.3, 0.4) is 0 Å². The number of carbonyl (C=O) groups excluding carboxylic acids is 1. The first-order valence-corrected chi connectivity index (χ1v) is 9.55. The number of hydrogen-bond donors (Lipinski definition) is 0. The lowest BCUT2D eigenvalue weighted by Gasteiger charge is -2.34. The first kappa shape index (κ1) is 18.0. The second kappa shape index (κ2) is 8.06. The van der Waals surface area contributed by atoms with Gasteiger partial charge < -0.3 is 4.90 Å². The zero-order chi connectivity index (χ0) is 17.8. The lowest BCUT2D eigenvalue weighted by Crippen LogP contribution is -2.45. The zero-order valence-electron chi connectivity index (χ0n) is 14.7. The highest BCUT2D eigenvalue weighted by Gasteiger charge is 2.31. The average molecular weight is 361 g/mol. The number of aromatic nitrogens is 1. The van der Waals surface area contributed by atoms with Gasteiger partial charge in [-0.05, 0) is 23.6 Å². The number of thiazole rings is 1. The average Bonchev–Trinajstić information content (AvgIpc) is 3.04. The molecule has 1 aliphatic heterocycles. The van der Waals surface area contributed by atoms with E-state index in [1.54, 1.807) is 23.5 Å². The second-order valence-corrected chi connectivity index (χ2v) is 7.85.